The molecule has 0 radical (unpaired) electrons. The molecule has 4 nitrogen and oxygen atoms in total. The average molecular weight is 347 g/mol. The van der Waals surface area contributed by atoms with Gasteiger partial charge in [0.1, 0.15) is 5.82 Å². The van der Waals surface area contributed by atoms with Crippen LogP contribution < -0.4 is 9.47 Å². The Hall–Kier alpha value is -1.84. The molecule has 4 heteroatoms. The summed E-state index contributed by atoms with van der Waals surface area (Å²) in [4.78, 5) is 9.55. The molecular formula is C21H34N2O2. The molecule has 1 saturated carbocycles. The zero-order valence-corrected chi connectivity index (χ0v) is 17.0. The van der Waals surface area contributed by atoms with E-state index in [1.165, 1.54) is 32.1 Å². The molecular weight excluding hydrogens is 312 g/mol. The van der Waals surface area contributed by atoms with Crippen molar-refractivity contribution in [2.45, 2.75) is 72.6 Å². The van der Waals surface area contributed by atoms with E-state index < -0.39 is 0 Å². The third kappa shape index (κ3) is 5.07. The second-order valence-corrected chi connectivity index (χ2v) is 5.73. The lowest BCUT2D eigenvalue weighted by Gasteiger charge is -2.21. The maximum absolute atomic E-state index is 5.38. The van der Waals surface area contributed by atoms with Crippen molar-refractivity contribution in [1.82, 2.24) is 9.97 Å². The first kappa shape index (κ1) is 21.2. The molecule has 0 bridgehead atoms. The van der Waals surface area contributed by atoms with E-state index in [-0.39, 0.29) is 0 Å². The Balaban J connectivity index is 0.000000730. The summed E-state index contributed by atoms with van der Waals surface area (Å²) in [6, 6.07) is 3.92. The van der Waals surface area contributed by atoms with Gasteiger partial charge < -0.3 is 9.47 Å². The first-order valence-electron chi connectivity index (χ1n) is 9.63. The standard InChI is InChI=1S/C17H22N2O2.2C2H6/c1-11-13-9-15(20-2)16(21-3)10-14(13)19-17(18-11)12-7-5-4-6-8-12;2*1-2/h9-10,12H,4-8H2,1-3H3;2*1-2H3. The van der Waals surface area contributed by atoms with E-state index in [1.807, 2.05) is 46.8 Å². The van der Waals surface area contributed by atoms with Crippen LogP contribution in [0.5, 0.6) is 11.5 Å². The largest absolute Gasteiger partial charge is 0.493 e. The third-order valence-corrected chi connectivity index (χ3v) is 4.38. The number of ether oxygens (including phenoxy) is 2. The fourth-order valence-electron chi connectivity index (χ4n) is 3.17. The van der Waals surface area contributed by atoms with Crippen molar-refractivity contribution in [3.8, 4) is 11.5 Å². The van der Waals surface area contributed by atoms with Gasteiger partial charge >= 0.3 is 0 Å². The van der Waals surface area contributed by atoms with E-state index in [0.29, 0.717) is 5.92 Å². The minimum atomic E-state index is 0.509. The second-order valence-electron chi connectivity index (χ2n) is 5.73. The van der Waals surface area contributed by atoms with Gasteiger partial charge in [-0.05, 0) is 25.8 Å². The summed E-state index contributed by atoms with van der Waals surface area (Å²) in [6.45, 7) is 10.0. The van der Waals surface area contributed by atoms with Crippen molar-refractivity contribution in [1.29, 1.82) is 0 Å². The highest BCUT2D eigenvalue weighted by atomic mass is 16.5. The lowest BCUT2D eigenvalue weighted by atomic mass is 9.88. The number of aromatic nitrogens is 2. The molecule has 2 aromatic rings. The van der Waals surface area contributed by atoms with Crippen molar-refractivity contribution >= 4 is 10.9 Å². The van der Waals surface area contributed by atoms with E-state index in [1.54, 1.807) is 14.2 Å². The highest BCUT2D eigenvalue weighted by Gasteiger charge is 2.20. The number of aryl methyl sites for hydroxylation is 1. The monoisotopic (exact) mass is 346 g/mol. The molecule has 0 N–H and O–H groups in total. The Bertz CT molecular complexity index is 650. The number of rotatable bonds is 3. The number of hydrogen-bond acceptors (Lipinski definition) is 4. The lowest BCUT2D eigenvalue weighted by molar-refractivity contribution is 0.355. The van der Waals surface area contributed by atoms with Gasteiger partial charge in [-0.3, -0.25) is 0 Å². The quantitative estimate of drug-likeness (QED) is 0.678. The maximum atomic E-state index is 5.38. The second kappa shape index (κ2) is 10.9. The summed E-state index contributed by atoms with van der Waals surface area (Å²) < 4.78 is 10.7. The molecule has 0 amide bonds. The van der Waals surface area contributed by atoms with Crippen molar-refractivity contribution in [3.05, 3.63) is 23.7 Å². The zero-order chi connectivity index (χ0) is 18.8. The fourth-order valence-corrected chi connectivity index (χ4v) is 3.17. The molecule has 0 unspecified atom stereocenters. The summed E-state index contributed by atoms with van der Waals surface area (Å²) in [5.74, 6) is 2.95. The van der Waals surface area contributed by atoms with Crippen LogP contribution >= 0.6 is 0 Å². The average Bonchev–Trinajstić information content (AvgIpc) is 2.70. The summed E-state index contributed by atoms with van der Waals surface area (Å²) in [6.07, 6.45) is 6.33. The molecule has 1 heterocycles. The van der Waals surface area contributed by atoms with Crippen molar-refractivity contribution in [2.75, 3.05) is 14.2 Å². The first-order valence-corrected chi connectivity index (χ1v) is 9.63. The van der Waals surface area contributed by atoms with Crippen LogP contribution in [0.1, 0.15) is 77.2 Å². The predicted molar refractivity (Wildman–Crippen MR) is 106 cm³/mol. The molecule has 1 aromatic heterocycles. The van der Waals surface area contributed by atoms with Crippen LogP contribution in [-0.2, 0) is 0 Å². The Labute approximate surface area is 153 Å². The molecule has 0 aliphatic heterocycles. The van der Waals surface area contributed by atoms with Crippen LogP contribution in [0, 0.1) is 6.92 Å². The van der Waals surface area contributed by atoms with Gasteiger partial charge in [-0.2, -0.15) is 0 Å². The van der Waals surface area contributed by atoms with Crippen LogP contribution in [0.4, 0.5) is 0 Å². The van der Waals surface area contributed by atoms with Crippen molar-refractivity contribution in [3.63, 3.8) is 0 Å². The Morgan fingerprint density at radius 3 is 1.96 bits per heavy atom. The maximum Gasteiger partial charge on any atom is 0.162 e. The van der Waals surface area contributed by atoms with Gasteiger partial charge in [0, 0.05) is 23.1 Å². The molecule has 1 aromatic carbocycles. The predicted octanol–water partition coefficient (Wildman–Crippen LogP) is 6.06. The molecule has 0 atom stereocenters. The van der Waals surface area contributed by atoms with Gasteiger partial charge in [-0.25, -0.2) is 9.97 Å². The van der Waals surface area contributed by atoms with Gasteiger partial charge in [-0.15, -0.1) is 0 Å². The van der Waals surface area contributed by atoms with Crippen LogP contribution in [0.3, 0.4) is 0 Å². The van der Waals surface area contributed by atoms with Crippen molar-refractivity contribution < 1.29 is 9.47 Å². The molecule has 0 saturated heterocycles. The van der Waals surface area contributed by atoms with Gasteiger partial charge in [0.25, 0.3) is 0 Å². The summed E-state index contributed by atoms with van der Waals surface area (Å²) in [5.41, 5.74) is 1.96. The third-order valence-electron chi connectivity index (χ3n) is 4.38. The van der Waals surface area contributed by atoms with Crippen molar-refractivity contribution in [2.24, 2.45) is 0 Å². The van der Waals surface area contributed by atoms with Crippen LogP contribution in [0.15, 0.2) is 12.1 Å². The molecule has 1 aliphatic carbocycles. The number of methoxy groups -OCH3 is 2. The normalized spacial score (nSPS) is 14.0. The molecule has 1 aliphatic rings. The van der Waals surface area contributed by atoms with Gasteiger partial charge in [0.15, 0.2) is 11.5 Å². The van der Waals surface area contributed by atoms with E-state index in [0.717, 1.165) is 33.9 Å². The molecule has 1 fully saturated rings. The molecule has 140 valence electrons. The molecule has 0 spiro atoms. The highest BCUT2D eigenvalue weighted by Crippen LogP contribution is 2.35. The zero-order valence-electron chi connectivity index (χ0n) is 17.0. The van der Waals surface area contributed by atoms with Gasteiger partial charge in [0.05, 0.1) is 19.7 Å². The summed E-state index contributed by atoms with van der Waals surface area (Å²) >= 11 is 0. The fraction of sp³-hybridized carbons (Fsp3) is 0.619. The Morgan fingerprint density at radius 2 is 1.40 bits per heavy atom. The Morgan fingerprint density at radius 1 is 0.840 bits per heavy atom. The van der Waals surface area contributed by atoms with Crippen LogP contribution in [-0.4, -0.2) is 24.2 Å². The van der Waals surface area contributed by atoms with E-state index >= 15 is 0 Å². The minimum absolute atomic E-state index is 0.509. The highest BCUT2D eigenvalue weighted by molar-refractivity contribution is 5.84. The topological polar surface area (TPSA) is 44.2 Å². The SMILES string of the molecule is CC.CC.COc1cc2nc(C3CCCCC3)nc(C)c2cc1OC. The number of fused-ring (bicyclic) bond motifs is 1. The van der Waals surface area contributed by atoms with E-state index in [9.17, 15) is 0 Å². The van der Waals surface area contributed by atoms with Gasteiger partial charge in [0.2, 0.25) is 0 Å². The number of nitrogens with zero attached hydrogens (tertiary/aromatic N) is 2. The summed E-state index contributed by atoms with van der Waals surface area (Å²) in [5, 5.41) is 1.03. The smallest absolute Gasteiger partial charge is 0.162 e. The van der Waals surface area contributed by atoms with Crippen LogP contribution in [0.25, 0.3) is 10.9 Å². The lowest BCUT2D eigenvalue weighted by Crippen LogP contribution is -2.10. The van der Waals surface area contributed by atoms with E-state index in [2.05, 4.69) is 0 Å². The van der Waals surface area contributed by atoms with Gasteiger partial charge in [-0.1, -0.05) is 47.0 Å². The van der Waals surface area contributed by atoms with Crippen LogP contribution in [0.2, 0.25) is 0 Å². The van der Waals surface area contributed by atoms with E-state index in [4.69, 9.17) is 19.4 Å². The number of benzene rings is 1. The first-order chi connectivity index (χ1) is 12.2. The minimum Gasteiger partial charge on any atom is -0.493 e. The Kier molecular flexibility index (Phi) is 9.25. The molecule has 25 heavy (non-hydrogen) atoms. The molecule has 3 rings (SSSR count). The summed E-state index contributed by atoms with van der Waals surface area (Å²) in [7, 11) is 3.30. The number of hydrogen-bond donors (Lipinski definition) is 0.